The second kappa shape index (κ2) is 4.96. The van der Waals surface area contributed by atoms with Crippen LogP contribution in [0, 0.1) is 0 Å². The molecule has 15 heavy (non-hydrogen) atoms. The van der Waals surface area contributed by atoms with Crippen molar-refractivity contribution in [2.24, 2.45) is 0 Å². The standard InChI is InChI=1S/C11H20N4/c1-7(2)11-14-9(12-5)6-10(15-11)13-8(3)4/h6-8H,1-5H3,(H2,12,13,14,15). The summed E-state index contributed by atoms with van der Waals surface area (Å²) < 4.78 is 0. The van der Waals surface area contributed by atoms with Gasteiger partial charge in [-0.15, -0.1) is 0 Å². The first-order chi connectivity index (χ1) is 7.02. The summed E-state index contributed by atoms with van der Waals surface area (Å²) in [6, 6.07) is 2.30. The molecule has 0 aliphatic rings. The molecule has 0 unspecified atom stereocenters. The minimum atomic E-state index is 0.339. The van der Waals surface area contributed by atoms with Crippen LogP contribution in [-0.4, -0.2) is 23.1 Å². The topological polar surface area (TPSA) is 49.8 Å². The summed E-state index contributed by atoms with van der Waals surface area (Å²) in [6.45, 7) is 8.37. The van der Waals surface area contributed by atoms with Gasteiger partial charge in [0.1, 0.15) is 17.5 Å². The fourth-order valence-electron chi connectivity index (χ4n) is 1.22. The van der Waals surface area contributed by atoms with E-state index in [0.717, 1.165) is 17.5 Å². The van der Waals surface area contributed by atoms with E-state index in [9.17, 15) is 0 Å². The highest BCUT2D eigenvalue weighted by atomic mass is 15.1. The Morgan fingerprint density at radius 2 is 1.67 bits per heavy atom. The monoisotopic (exact) mass is 208 g/mol. The van der Waals surface area contributed by atoms with Gasteiger partial charge in [0.15, 0.2) is 0 Å². The molecule has 1 rings (SSSR count). The van der Waals surface area contributed by atoms with Gasteiger partial charge in [0.05, 0.1) is 0 Å². The first kappa shape index (κ1) is 11.8. The number of nitrogens with one attached hydrogen (secondary N) is 2. The van der Waals surface area contributed by atoms with Gasteiger partial charge in [-0.3, -0.25) is 0 Å². The number of aromatic nitrogens is 2. The summed E-state index contributed by atoms with van der Waals surface area (Å²) in [5, 5.41) is 6.33. The third-order valence-electron chi connectivity index (χ3n) is 1.95. The van der Waals surface area contributed by atoms with Crippen molar-refractivity contribution in [1.29, 1.82) is 0 Å². The highest BCUT2D eigenvalue weighted by Crippen LogP contribution is 2.16. The first-order valence-electron chi connectivity index (χ1n) is 5.36. The molecule has 1 heterocycles. The van der Waals surface area contributed by atoms with Crippen molar-refractivity contribution >= 4 is 11.6 Å². The Morgan fingerprint density at radius 1 is 1.07 bits per heavy atom. The lowest BCUT2D eigenvalue weighted by molar-refractivity contribution is 0.771. The van der Waals surface area contributed by atoms with Gasteiger partial charge in [0.25, 0.3) is 0 Å². The van der Waals surface area contributed by atoms with Crippen LogP contribution in [-0.2, 0) is 0 Å². The second-order valence-electron chi connectivity index (χ2n) is 4.20. The summed E-state index contributed by atoms with van der Waals surface area (Å²) in [5.41, 5.74) is 0. The maximum atomic E-state index is 4.46. The Balaban J connectivity index is 3.00. The summed E-state index contributed by atoms with van der Waals surface area (Å²) >= 11 is 0. The highest BCUT2D eigenvalue weighted by Gasteiger charge is 2.07. The average molecular weight is 208 g/mol. The minimum Gasteiger partial charge on any atom is -0.373 e. The quantitative estimate of drug-likeness (QED) is 0.798. The van der Waals surface area contributed by atoms with Crippen LogP contribution >= 0.6 is 0 Å². The number of hydrogen-bond acceptors (Lipinski definition) is 4. The molecule has 0 saturated carbocycles. The molecule has 0 aromatic carbocycles. The van der Waals surface area contributed by atoms with Crippen LogP contribution in [0.5, 0.6) is 0 Å². The molecule has 0 fully saturated rings. The molecule has 0 aliphatic carbocycles. The SMILES string of the molecule is CNc1cc(NC(C)C)nc(C(C)C)n1. The van der Waals surface area contributed by atoms with E-state index in [0.29, 0.717) is 12.0 Å². The van der Waals surface area contributed by atoms with Gasteiger partial charge >= 0.3 is 0 Å². The molecule has 0 atom stereocenters. The Morgan fingerprint density at radius 3 is 2.13 bits per heavy atom. The molecular weight excluding hydrogens is 188 g/mol. The summed E-state index contributed by atoms with van der Waals surface area (Å²) in [5.74, 6) is 2.95. The highest BCUT2D eigenvalue weighted by molar-refractivity contribution is 5.47. The zero-order chi connectivity index (χ0) is 11.4. The van der Waals surface area contributed by atoms with Gasteiger partial charge in [0.2, 0.25) is 0 Å². The second-order valence-corrected chi connectivity index (χ2v) is 4.20. The van der Waals surface area contributed by atoms with Crippen LogP contribution in [0.4, 0.5) is 11.6 Å². The van der Waals surface area contributed by atoms with E-state index in [1.807, 2.05) is 13.1 Å². The first-order valence-corrected chi connectivity index (χ1v) is 5.36. The fraction of sp³-hybridized carbons (Fsp3) is 0.636. The van der Waals surface area contributed by atoms with E-state index in [-0.39, 0.29) is 0 Å². The Hall–Kier alpha value is -1.32. The molecule has 4 heteroatoms. The maximum absolute atomic E-state index is 4.46. The number of anilines is 2. The van der Waals surface area contributed by atoms with Crippen molar-refractivity contribution in [3.05, 3.63) is 11.9 Å². The van der Waals surface area contributed by atoms with Crippen molar-refractivity contribution in [1.82, 2.24) is 9.97 Å². The molecule has 0 saturated heterocycles. The molecule has 0 aliphatic heterocycles. The van der Waals surface area contributed by atoms with Gasteiger partial charge in [-0.05, 0) is 13.8 Å². The molecule has 0 spiro atoms. The molecule has 1 aromatic heterocycles. The summed E-state index contributed by atoms with van der Waals surface area (Å²) in [4.78, 5) is 8.86. The van der Waals surface area contributed by atoms with Gasteiger partial charge < -0.3 is 10.6 Å². The zero-order valence-corrected chi connectivity index (χ0v) is 10.1. The van der Waals surface area contributed by atoms with E-state index in [1.54, 1.807) is 0 Å². The molecule has 1 aromatic rings. The number of hydrogen-bond donors (Lipinski definition) is 2. The Kier molecular flexibility index (Phi) is 3.88. The van der Waals surface area contributed by atoms with E-state index >= 15 is 0 Å². The van der Waals surface area contributed by atoms with E-state index in [1.165, 1.54) is 0 Å². The third kappa shape index (κ3) is 3.38. The summed E-state index contributed by atoms with van der Waals surface area (Å²) in [6.07, 6.45) is 0. The van der Waals surface area contributed by atoms with Gasteiger partial charge in [-0.25, -0.2) is 9.97 Å². The molecular formula is C11H20N4. The van der Waals surface area contributed by atoms with Crippen molar-refractivity contribution < 1.29 is 0 Å². The zero-order valence-electron chi connectivity index (χ0n) is 10.1. The van der Waals surface area contributed by atoms with Gasteiger partial charge in [-0.1, -0.05) is 13.8 Å². The Labute approximate surface area is 91.5 Å². The van der Waals surface area contributed by atoms with Crippen LogP contribution in [0.1, 0.15) is 39.4 Å². The van der Waals surface area contributed by atoms with Gasteiger partial charge in [-0.2, -0.15) is 0 Å². The Bertz CT molecular complexity index is 320. The van der Waals surface area contributed by atoms with Crippen LogP contribution in [0.25, 0.3) is 0 Å². The number of rotatable bonds is 4. The lowest BCUT2D eigenvalue weighted by atomic mass is 10.2. The van der Waals surface area contributed by atoms with E-state index < -0.39 is 0 Å². The average Bonchev–Trinajstić information content (AvgIpc) is 2.16. The molecule has 2 N–H and O–H groups in total. The van der Waals surface area contributed by atoms with Crippen LogP contribution < -0.4 is 10.6 Å². The van der Waals surface area contributed by atoms with Crippen molar-refractivity contribution in [3.8, 4) is 0 Å². The fourth-order valence-corrected chi connectivity index (χ4v) is 1.22. The molecule has 0 radical (unpaired) electrons. The number of nitrogens with zero attached hydrogens (tertiary/aromatic N) is 2. The molecule has 84 valence electrons. The van der Waals surface area contributed by atoms with E-state index in [4.69, 9.17) is 0 Å². The van der Waals surface area contributed by atoms with Crippen molar-refractivity contribution in [3.63, 3.8) is 0 Å². The van der Waals surface area contributed by atoms with Gasteiger partial charge in [0, 0.05) is 25.1 Å². The normalized spacial score (nSPS) is 10.9. The lowest BCUT2D eigenvalue weighted by Crippen LogP contribution is -2.13. The summed E-state index contributed by atoms with van der Waals surface area (Å²) in [7, 11) is 1.87. The largest absolute Gasteiger partial charge is 0.373 e. The molecule has 4 nitrogen and oxygen atoms in total. The third-order valence-corrected chi connectivity index (χ3v) is 1.95. The minimum absolute atomic E-state index is 0.339. The van der Waals surface area contributed by atoms with Crippen molar-refractivity contribution in [2.75, 3.05) is 17.7 Å². The van der Waals surface area contributed by atoms with E-state index in [2.05, 4.69) is 48.3 Å². The van der Waals surface area contributed by atoms with Crippen LogP contribution in [0.2, 0.25) is 0 Å². The predicted molar refractivity (Wildman–Crippen MR) is 64.4 cm³/mol. The maximum Gasteiger partial charge on any atom is 0.135 e. The van der Waals surface area contributed by atoms with Crippen LogP contribution in [0.15, 0.2) is 6.07 Å². The lowest BCUT2D eigenvalue weighted by Gasteiger charge is -2.13. The molecule has 0 bridgehead atoms. The van der Waals surface area contributed by atoms with Crippen LogP contribution in [0.3, 0.4) is 0 Å². The molecule has 0 amide bonds. The van der Waals surface area contributed by atoms with Crippen molar-refractivity contribution in [2.45, 2.75) is 39.7 Å². The predicted octanol–water partition coefficient (Wildman–Crippen LogP) is 2.46. The smallest absolute Gasteiger partial charge is 0.135 e.